The summed E-state index contributed by atoms with van der Waals surface area (Å²) < 4.78 is 0. The second kappa shape index (κ2) is 10.3. The maximum atomic E-state index is 3.86. The SMILES string of the molecule is C=C(C)NCCCCCCCCC1CC(C)C(CC)C1. The van der Waals surface area contributed by atoms with Gasteiger partial charge in [0, 0.05) is 12.2 Å². The van der Waals surface area contributed by atoms with Gasteiger partial charge in [-0.15, -0.1) is 0 Å². The van der Waals surface area contributed by atoms with Crippen molar-refractivity contribution in [2.75, 3.05) is 6.54 Å². The van der Waals surface area contributed by atoms with Crippen LogP contribution in [0.3, 0.4) is 0 Å². The van der Waals surface area contributed by atoms with Crippen LogP contribution in [-0.2, 0) is 0 Å². The highest BCUT2D eigenvalue weighted by molar-refractivity contribution is 4.83. The summed E-state index contributed by atoms with van der Waals surface area (Å²) in [5.41, 5.74) is 1.10. The molecule has 3 atom stereocenters. The van der Waals surface area contributed by atoms with Gasteiger partial charge in [-0.05, 0) is 43.9 Å². The van der Waals surface area contributed by atoms with E-state index in [0.29, 0.717) is 0 Å². The van der Waals surface area contributed by atoms with E-state index in [4.69, 9.17) is 0 Å². The quantitative estimate of drug-likeness (QED) is 0.463. The topological polar surface area (TPSA) is 12.0 Å². The summed E-state index contributed by atoms with van der Waals surface area (Å²) in [5, 5.41) is 3.30. The second-order valence-corrected chi connectivity index (χ2v) is 7.10. The molecule has 0 aromatic rings. The molecule has 118 valence electrons. The van der Waals surface area contributed by atoms with Gasteiger partial charge in [0.1, 0.15) is 0 Å². The molecule has 1 heteroatoms. The van der Waals surface area contributed by atoms with Gasteiger partial charge in [0.2, 0.25) is 0 Å². The summed E-state index contributed by atoms with van der Waals surface area (Å²) in [6.45, 7) is 11.8. The summed E-state index contributed by atoms with van der Waals surface area (Å²) in [6, 6.07) is 0. The van der Waals surface area contributed by atoms with Crippen molar-refractivity contribution in [1.82, 2.24) is 5.32 Å². The standard InChI is InChI=1S/C19H37N/c1-5-19-15-18(14-17(19)4)12-10-8-6-7-9-11-13-20-16(2)3/h17-20H,2,5-15H2,1,3-4H3. The fourth-order valence-electron chi connectivity index (χ4n) is 3.85. The Balaban J connectivity index is 1.87. The molecule has 0 aromatic heterocycles. The van der Waals surface area contributed by atoms with Gasteiger partial charge in [-0.3, -0.25) is 0 Å². The minimum absolute atomic E-state index is 0.991. The molecule has 1 rings (SSSR count). The van der Waals surface area contributed by atoms with Crippen LogP contribution < -0.4 is 5.32 Å². The van der Waals surface area contributed by atoms with Gasteiger partial charge >= 0.3 is 0 Å². The van der Waals surface area contributed by atoms with E-state index in [-0.39, 0.29) is 0 Å². The lowest BCUT2D eigenvalue weighted by atomic mass is 9.95. The molecule has 0 aromatic carbocycles. The molecule has 1 N–H and O–H groups in total. The third-order valence-corrected chi connectivity index (χ3v) is 5.14. The summed E-state index contributed by atoms with van der Waals surface area (Å²) >= 11 is 0. The first-order chi connectivity index (χ1) is 9.63. The van der Waals surface area contributed by atoms with Crippen LogP contribution >= 0.6 is 0 Å². The summed E-state index contributed by atoms with van der Waals surface area (Å²) in [5.74, 6) is 3.07. The molecule has 0 bridgehead atoms. The van der Waals surface area contributed by atoms with Gasteiger partial charge in [0.25, 0.3) is 0 Å². The van der Waals surface area contributed by atoms with E-state index in [1.165, 1.54) is 64.2 Å². The van der Waals surface area contributed by atoms with Crippen LogP contribution in [0.25, 0.3) is 0 Å². The van der Waals surface area contributed by atoms with E-state index in [2.05, 4.69) is 25.7 Å². The van der Waals surface area contributed by atoms with Crippen LogP contribution in [0.1, 0.15) is 85.0 Å². The number of allylic oxidation sites excluding steroid dienone is 1. The third kappa shape index (κ3) is 7.36. The molecule has 3 unspecified atom stereocenters. The van der Waals surface area contributed by atoms with Gasteiger partial charge in [-0.2, -0.15) is 0 Å². The Labute approximate surface area is 127 Å². The Morgan fingerprint density at radius 3 is 2.30 bits per heavy atom. The molecule has 1 saturated carbocycles. The van der Waals surface area contributed by atoms with Crippen molar-refractivity contribution in [3.8, 4) is 0 Å². The molecule has 0 heterocycles. The van der Waals surface area contributed by atoms with Crippen LogP contribution in [0.5, 0.6) is 0 Å². The molecule has 0 spiro atoms. The Bertz CT molecular complexity index is 258. The number of hydrogen-bond acceptors (Lipinski definition) is 1. The molecule has 0 saturated heterocycles. The van der Waals surface area contributed by atoms with Crippen molar-refractivity contribution < 1.29 is 0 Å². The normalized spacial score (nSPS) is 25.9. The average molecular weight is 280 g/mol. The van der Waals surface area contributed by atoms with Gasteiger partial charge in [-0.25, -0.2) is 0 Å². The Hall–Kier alpha value is -0.460. The zero-order valence-corrected chi connectivity index (χ0v) is 14.2. The van der Waals surface area contributed by atoms with Gasteiger partial charge in [-0.1, -0.05) is 65.4 Å². The fraction of sp³-hybridized carbons (Fsp3) is 0.895. The van der Waals surface area contributed by atoms with Crippen molar-refractivity contribution in [3.63, 3.8) is 0 Å². The predicted molar refractivity (Wildman–Crippen MR) is 90.8 cm³/mol. The van der Waals surface area contributed by atoms with Crippen molar-refractivity contribution in [2.45, 2.75) is 85.0 Å². The largest absolute Gasteiger partial charge is 0.389 e. The van der Waals surface area contributed by atoms with Crippen LogP contribution in [0, 0.1) is 17.8 Å². The minimum atomic E-state index is 0.991. The van der Waals surface area contributed by atoms with E-state index in [0.717, 1.165) is 30.0 Å². The number of hydrogen-bond donors (Lipinski definition) is 1. The number of nitrogens with one attached hydrogen (secondary N) is 1. The van der Waals surface area contributed by atoms with Crippen molar-refractivity contribution >= 4 is 0 Å². The Morgan fingerprint density at radius 1 is 1.05 bits per heavy atom. The zero-order valence-electron chi connectivity index (χ0n) is 14.2. The van der Waals surface area contributed by atoms with Gasteiger partial charge < -0.3 is 5.32 Å². The molecule has 0 aliphatic heterocycles. The van der Waals surface area contributed by atoms with Crippen molar-refractivity contribution in [1.29, 1.82) is 0 Å². The first-order valence-electron chi connectivity index (χ1n) is 9.02. The van der Waals surface area contributed by atoms with Crippen molar-refractivity contribution in [2.24, 2.45) is 17.8 Å². The van der Waals surface area contributed by atoms with Crippen LogP contribution in [-0.4, -0.2) is 6.54 Å². The van der Waals surface area contributed by atoms with E-state index in [1.54, 1.807) is 0 Å². The van der Waals surface area contributed by atoms with Crippen molar-refractivity contribution in [3.05, 3.63) is 12.3 Å². The molecule has 1 nitrogen and oxygen atoms in total. The molecule has 20 heavy (non-hydrogen) atoms. The molecule has 0 amide bonds. The third-order valence-electron chi connectivity index (χ3n) is 5.14. The van der Waals surface area contributed by atoms with Gasteiger partial charge in [0.05, 0.1) is 0 Å². The maximum Gasteiger partial charge on any atom is 0.0143 e. The molecule has 1 aliphatic rings. The molecular weight excluding hydrogens is 242 g/mol. The zero-order chi connectivity index (χ0) is 14.8. The van der Waals surface area contributed by atoms with Crippen LogP contribution in [0.15, 0.2) is 12.3 Å². The summed E-state index contributed by atoms with van der Waals surface area (Å²) in [6.07, 6.45) is 14.4. The predicted octanol–water partition coefficient (Wildman–Crippen LogP) is 5.91. The average Bonchev–Trinajstić information content (AvgIpc) is 2.77. The highest BCUT2D eigenvalue weighted by Crippen LogP contribution is 2.40. The molecule has 1 fully saturated rings. The monoisotopic (exact) mass is 279 g/mol. The molecule has 1 aliphatic carbocycles. The number of unbranched alkanes of at least 4 members (excludes halogenated alkanes) is 5. The van der Waals surface area contributed by atoms with Crippen LogP contribution in [0.2, 0.25) is 0 Å². The lowest BCUT2D eigenvalue weighted by molar-refractivity contribution is 0.405. The summed E-state index contributed by atoms with van der Waals surface area (Å²) in [7, 11) is 0. The Morgan fingerprint density at radius 2 is 1.70 bits per heavy atom. The number of rotatable bonds is 11. The lowest BCUT2D eigenvalue weighted by Gasteiger charge is -2.10. The Kier molecular flexibility index (Phi) is 9.05. The maximum absolute atomic E-state index is 3.86. The second-order valence-electron chi connectivity index (χ2n) is 7.10. The molecule has 0 radical (unpaired) electrons. The fourth-order valence-corrected chi connectivity index (χ4v) is 3.85. The van der Waals surface area contributed by atoms with E-state index < -0.39 is 0 Å². The van der Waals surface area contributed by atoms with E-state index in [9.17, 15) is 0 Å². The highest BCUT2D eigenvalue weighted by atomic mass is 14.9. The van der Waals surface area contributed by atoms with E-state index in [1.807, 2.05) is 6.92 Å². The van der Waals surface area contributed by atoms with Crippen LogP contribution in [0.4, 0.5) is 0 Å². The molecular formula is C19H37N. The highest BCUT2D eigenvalue weighted by Gasteiger charge is 2.29. The minimum Gasteiger partial charge on any atom is -0.389 e. The first kappa shape index (κ1) is 17.6. The smallest absolute Gasteiger partial charge is 0.0143 e. The van der Waals surface area contributed by atoms with E-state index >= 15 is 0 Å². The lowest BCUT2D eigenvalue weighted by Crippen LogP contribution is -2.11. The van der Waals surface area contributed by atoms with Gasteiger partial charge in [0.15, 0.2) is 0 Å². The summed E-state index contributed by atoms with van der Waals surface area (Å²) in [4.78, 5) is 0. The first-order valence-corrected chi connectivity index (χ1v) is 9.02.